The van der Waals surface area contributed by atoms with Gasteiger partial charge in [0, 0.05) is 0 Å². The highest BCUT2D eigenvalue weighted by Crippen LogP contribution is 1.99. The normalized spacial score (nSPS) is 19.3. The quantitative estimate of drug-likeness (QED) is 0.443. The lowest BCUT2D eigenvalue weighted by Gasteiger charge is -2.33. The van der Waals surface area contributed by atoms with Crippen molar-refractivity contribution in [2.75, 3.05) is 26.8 Å². The van der Waals surface area contributed by atoms with Gasteiger partial charge in [-0.3, -0.25) is 15.1 Å². The van der Waals surface area contributed by atoms with E-state index in [1.54, 1.807) is 0 Å². The molecule has 6 heteroatoms. The average Bonchev–Trinajstić information content (AvgIpc) is 2.05. The molecule has 1 heterocycles. The lowest BCUT2D eigenvalue weighted by Crippen LogP contribution is -2.56. The molecule has 0 aromatic heterocycles. The minimum absolute atomic E-state index is 0.325. The third-order valence-corrected chi connectivity index (χ3v) is 1.49. The van der Waals surface area contributed by atoms with E-state index in [2.05, 4.69) is 5.32 Å². The highest BCUT2D eigenvalue weighted by molar-refractivity contribution is 5.74. The number of rotatable bonds is 2. The van der Waals surface area contributed by atoms with Gasteiger partial charge in [-0.25, -0.2) is 4.79 Å². The molecule has 1 rings (SSSR count). The summed E-state index contributed by atoms with van der Waals surface area (Å²) in [7, 11) is 0. The first kappa shape index (κ1) is 8.25. The van der Waals surface area contributed by atoms with Crippen molar-refractivity contribution in [3.8, 4) is 0 Å². The second-order valence-corrected chi connectivity index (χ2v) is 2.21. The molecule has 0 aliphatic carbocycles. The number of aliphatic hydroxyl groups excluding tert-OH is 2. The molecule has 1 aliphatic heterocycles. The summed E-state index contributed by atoms with van der Waals surface area (Å²) in [6, 6.07) is -0.353. The van der Waals surface area contributed by atoms with E-state index >= 15 is 0 Å². The number of aliphatic hydroxyl groups is 2. The lowest BCUT2D eigenvalue weighted by molar-refractivity contribution is 0.0341. The Morgan fingerprint density at radius 2 is 1.73 bits per heavy atom. The summed E-state index contributed by atoms with van der Waals surface area (Å²) in [5, 5.41) is 20.1. The minimum Gasteiger partial charge on any atom is -0.376 e. The molecule has 0 atom stereocenters. The maximum absolute atomic E-state index is 11.1. The van der Waals surface area contributed by atoms with Crippen LogP contribution >= 0.6 is 0 Å². The van der Waals surface area contributed by atoms with Crippen LogP contribution in [0.5, 0.6) is 0 Å². The van der Waals surface area contributed by atoms with E-state index in [4.69, 9.17) is 10.2 Å². The van der Waals surface area contributed by atoms with Gasteiger partial charge in [0.1, 0.15) is 13.5 Å². The summed E-state index contributed by atoms with van der Waals surface area (Å²) < 4.78 is 0. The molecule has 6 nitrogen and oxygen atoms in total. The topological polar surface area (TPSA) is 76.0 Å². The molecule has 1 saturated heterocycles. The number of urea groups is 1. The van der Waals surface area contributed by atoms with Gasteiger partial charge in [-0.05, 0) is 0 Å². The molecule has 2 amide bonds. The Labute approximate surface area is 64.0 Å². The third-order valence-electron chi connectivity index (χ3n) is 1.49. The Morgan fingerprint density at radius 1 is 1.27 bits per heavy atom. The predicted octanol–water partition coefficient (Wildman–Crippen LogP) is -1.87. The maximum Gasteiger partial charge on any atom is 0.325 e. The van der Waals surface area contributed by atoms with Crippen molar-refractivity contribution in [1.29, 1.82) is 0 Å². The fraction of sp³-hybridized carbons (Fsp3) is 0.800. The number of carbonyl (C=O) groups is 1. The van der Waals surface area contributed by atoms with E-state index in [1.807, 2.05) is 0 Å². The number of hydrogen-bond donors (Lipinski definition) is 3. The molecule has 11 heavy (non-hydrogen) atoms. The Balaban J connectivity index is 2.52. The zero-order valence-electron chi connectivity index (χ0n) is 6.03. The van der Waals surface area contributed by atoms with Gasteiger partial charge >= 0.3 is 6.03 Å². The van der Waals surface area contributed by atoms with Crippen molar-refractivity contribution < 1.29 is 15.0 Å². The van der Waals surface area contributed by atoms with Crippen LogP contribution in [0.2, 0.25) is 0 Å². The molecule has 1 fully saturated rings. The number of carbonyl (C=O) groups excluding carboxylic acids is 1. The van der Waals surface area contributed by atoms with Crippen LogP contribution in [0.15, 0.2) is 0 Å². The second kappa shape index (κ2) is 3.51. The lowest BCUT2D eigenvalue weighted by atomic mass is 10.6. The first-order valence-electron chi connectivity index (χ1n) is 3.26. The maximum atomic E-state index is 11.1. The summed E-state index contributed by atoms with van der Waals surface area (Å²) >= 11 is 0. The zero-order chi connectivity index (χ0) is 8.27. The fourth-order valence-electron chi connectivity index (χ4n) is 0.876. The Bertz CT molecular complexity index is 138. The zero-order valence-corrected chi connectivity index (χ0v) is 6.03. The van der Waals surface area contributed by atoms with Crippen LogP contribution in [0.4, 0.5) is 4.79 Å². The average molecular weight is 161 g/mol. The van der Waals surface area contributed by atoms with Crippen LogP contribution in [-0.2, 0) is 0 Å². The largest absolute Gasteiger partial charge is 0.376 e. The number of nitrogens with zero attached hydrogens (tertiary/aromatic N) is 2. The summed E-state index contributed by atoms with van der Waals surface area (Å²) in [5.74, 6) is 0. The molecule has 3 N–H and O–H groups in total. The van der Waals surface area contributed by atoms with Crippen LogP contribution in [0.25, 0.3) is 0 Å². The van der Waals surface area contributed by atoms with Gasteiger partial charge in [-0.2, -0.15) is 0 Å². The molecule has 64 valence electrons. The van der Waals surface area contributed by atoms with Gasteiger partial charge in [0.15, 0.2) is 0 Å². The molecule has 0 aromatic rings. The van der Waals surface area contributed by atoms with Crippen LogP contribution in [0.3, 0.4) is 0 Å². The van der Waals surface area contributed by atoms with E-state index < -0.39 is 0 Å². The summed E-state index contributed by atoms with van der Waals surface area (Å²) in [6.07, 6.45) is 0. The van der Waals surface area contributed by atoms with Crippen LogP contribution < -0.4 is 5.32 Å². The summed E-state index contributed by atoms with van der Waals surface area (Å²) in [6.45, 7) is -0.0116. The Morgan fingerprint density at radius 3 is 2.09 bits per heavy atom. The summed E-state index contributed by atoms with van der Waals surface area (Å²) in [5.41, 5.74) is 0. The van der Waals surface area contributed by atoms with E-state index in [0.29, 0.717) is 13.3 Å². The van der Waals surface area contributed by atoms with Gasteiger partial charge in [0.2, 0.25) is 0 Å². The smallest absolute Gasteiger partial charge is 0.325 e. The van der Waals surface area contributed by atoms with Gasteiger partial charge < -0.3 is 10.2 Å². The van der Waals surface area contributed by atoms with Crippen molar-refractivity contribution in [2.45, 2.75) is 0 Å². The molecule has 0 unspecified atom stereocenters. The molecular formula is C5H11N3O3. The van der Waals surface area contributed by atoms with Gasteiger partial charge in [-0.15, -0.1) is 0 Å². The number of hydrogen-bond acceptors (Lipinski definition) is 4. The molecular weight excluding hydrogens is 150 g/mol. The van der Waals surface area contributed by atoms with Crippen molar-refractivity contribution in [3.63, 3.8) is 0 Å². The van der Waals surface area contributed by atoms with Gasteiger partial charge in [-0.1, -0.05) is 0 Å². The van der Waals surface area contributed by atoms with E-state index in [9.17, 15) is 4.79 Å². The first-order chi connectivity index (χ1) is 5.29. The SMILES string of the molecule is O=C1N(CO)CNCN1CO. The molecule has 0 bridgehead atoms. The van der Waals surface area contributed by atoms with Crippen molar-refractivity contribution >= 4 is 6.03 Å². The molecule has 1 aliphatic rings. The fourth-order valence-corrected chi connectivity index (χ4v) is 0.876. The first-order valence-corrected chi connectivity index (χ1v) is 3.26. The van der Waals surface area contributed by atoms with E-state index in [0.717, 1.165) is 0 Å². The summed E-state index contributed by atoms with van der Waals surface area (Å²) in [4.78, 5) is 13.4. The van der Waals surface area contributed by atoms with Crippen LogP contribution in [0, 0.1) is 0 Å². The van der Waals surface area contributed by atoms with Crippen LogP contribution in [-0.4, -0.2) is 52.8 Å². The Hall–Kier alpha value is -0.850. The molecule has 0 radical (unpaired) electrons. The van der Waals surface area contributed by atoms with E-state index in [1.165, 1.54) is 9.80 Å². The monoisotopic (exact) mass is 161 g/mol. The van der Waals surface area contributed by atoms with Gasteiger partial charge in [0.05, 0.1) is 13.3 Å². The highest BCUT2D eigenvalue weighted by atomic mass is 16.3. The second-order valence-electron chi connectivity index (χ2n) is 2.21. The number of amides is 2. The van der Waals surface area contributed by atoms with Crippen LogP contribution in [0.1, 0.15) is 0 Å². The number of nitrogens with one attached hydrogen (secondary N) is 1. The van der Waals surface area contributed by atoms with Crippen molar-refractivity contribution in [3.05, 3.63) is 0 Å². The highest BCUT2D eigenvalue weighted by Gasteiger charge is 2.23. The molecule has 0 aromatic carbocycles. The molecule has 0 saturated carbocycles. The van der Waals surface area contributed by atoms with Crippen molar-refractivity contribution in [1.82, 2.24) is 15.1 Å². The van der Waals surface area contributed by atoms with Crippen molar-refractivity contribution in [2.24, 2.45) is 0 Å². The van der Waals surface area contributed by atoms with E-state index in [-0.39, 0.29) is 19.5 Å². The van der Waals surface area contributed by atoms with Gasteiger partial charge in [0.25, 0.3) is 0 Å². The molecule has 0 spiro atoms. The minimum atomic E-state index is -0.353. The Kier molecular flexibility index (Phi) is 2.64. The third kappa shape index (κ3) is 1.59. The predicted molar refractivity (Wildman–Crippen MR) is 36.1 cm³/mol. The standard InChI is InChI=1S/C5H11N3O3/c9-3-7-1-6-2-8(4-10)5(7)11/h6,9-10H,1-4H2.